The van der Waals surface area contributed by atoms with E-state index >= 15 is 4.39 Å². The summed E-state index contributed by atoms with van der Waals surface area (Å²) in [5, 5.41) is 7.54. The van der Waals surface area contributed by atoms with Crippen LogP contribution in [0.15, 0.2) is 17.4 Å². The lowest BCUT2D eigenvalue weighted by atomic mass is 10.1. The van der Waals surface area contributed by atoms with E-state index in [4.69, 9.17) is 67.1 Å². The number of rotatable bonds is 4. The molecule has 0 aliphatic carbocycles. The zero-order chi connectivity index (χ0) is 37.5. The van der Waals surface area contributed by atoms with Crippen LogP contribution in [0.3, 0.4) is 0 Å². The Labute approximate surface area is 305 Å². The minimum atomic E-state index is -4.30. The number of H-pyrrole nitrogens is 1. The number of aromatic amines is 1. The maximum atomic E-state index is 16.3. The summed E-state index contributed by atoms with van der Waals surface area (Å²) in [6.07, 6.45) is -8.71. The number of nitrogen functional groups attached to an aromatic ring is 2. The quantitative estimate of drug-likeness (QED) is 0.143. The first-order chi connectivity index (χ1) is 24.3. The van der Waals surface area contributed by atoms with Crippen LogP contribution in [-0.2, 0) is 55.6 Å². The number of nitrogens with zero attached hydrogens (tertiary/aromatic N) is 8. The van der Waals surface area contributed by atoms with E-state index in [0.29, 0.717) is 0 Å². The second kappa shape index (κ2) is 13.4. The molecule has 3 saturated heterocycles. The highest BCUT2D eigenvalue weighted by molar-refractivity contribution is 8.07. The van der Waals surface area contributed by atoms with Crippen molar-refractivity contribution < 1.29 is 46.2 Å². The van der Waals surface area contributed by atoms with Crippen molar-refractivity contribution in [3.05, 3.63) is 23.0 Å². The van der Waals surface area contributed by atoms with E-state index in [1.807, 2.05) is 33.9 Å². The van der Waals surface area contributed by atoms with E-state index in [1.165, 1.54) is 10.9 Å². The van der Waals surface area contributed by atoms with Gasteiger partial charge in [-0.15, -0.1) is 5.10 Å². The topological polar surface area (TPSA) is 277 Å². The van der Waals surface area contributed by atoms with E-state index in [1.54, 1.807) is 0 Å². The molecule has 3 aliphatic rings. The van der Waals surface area contributed by atoms with Gasteiger partial charge in [0.05, 0.1) is 19.5 Å². The third kappa shape index (κ3) is 6.96. The Balaban J connectivity index is 1.27. The Hall–Kier alpha value is -2.48. The van der Waals surface area contributed by atoms with Gasteiger partial charge in [-0.1, -0.05) is 26.0 Å². The Morgan fingerprint density at radius 2 is 1.65 bits per heavy atom. The molecule has 0 saturated carbocycles. The second-order valence-electron chi connectivity index (χ2n) is 13.8. The summed E-state index contributed by atoms with van der Waals surface area (Å²) in [6.45, 7) is 0.366. The minimum Gasteiger partial charge on any atom is -0.408 e. The molecule has 10 atom stereocenters. The molecule has 4 aromatic rings. The molecule has 7 rings (SSSR count). The van der Waals surface area contributed by atoms with Gasteiger partial charge < -0.3 is 44.2 Å². The number of anilines is 2. The number of aromatic nitrogens is 9. The number of alkyl halides is 1. The maximum Gasteiger partial charge on any atom is 0.325 e. The molecule has 0 radical (unpaired) electrons. The lowest BCUT2D eigenvalue weighted by Crippen LogP contribution is -2.50. The highest BCUT2D eigenvalue weighted by atomic mass is 32.5. The third-order valence-corrected chi connectivity index (χ3v) is 17.0. The van der Waals surface area contributed by atoms with Crippen molar-refractivity contribution in [2.45, 2.75) is 88.1 Å². The van der Waals surface area contributed by atoms with Gasteiger partial charge in [-0.3, -0.25) is 23.4 Å². The van der Waals surface area contributed by atoms with Crippen LogP contribution in [0.25, 0.3) is 22.3 Å². The van der Waals surface area contributed by atoms with Crippen molar-refractivity contribution in [3.8, 4) is 0 Å². The lowest BCUT2D eigenvalue weighted by molar-refractivity contribution is -0.0619. The van der Waals surface area contributed by atoms with E-state index in [0.717, 1.165) is 11.0 Å². The van der Waals surface area contributed by atoms with Gasteiger partial charge in [-0.2, -0.15) is 9.67 Å². The van der Waals surface area contributed by atoms with Crippen molar-refractivity contribution in [3.63, 3.8) is 0 Å². The summed E-state index contributed by atoms with van der Waals surface area (Å²) in [4.78, 5) is 54.3. The van der Waals surface area contributed by atoms with Crippen molar-refractivity contribution in [2.24, 2.45) is 0 Å². The zero-order valence-electron chi connectivity index (χ0n) is 28.2. The van der Waals surface area contributed by atoms with Crippen LogP contribution in [0.4, 0.5) is 16.2 Å². The number of fused-ring (bicyclic) bond motifs is 5. The van der Waals surface area contributed by atoms with Crippen molar-refractivity contribution in [1.82, 2.24) is 44.5 Å². The SMILES string of the molecule is CC(C)(C)[Si](C)(C)O[C@H]1[C@@H]2OP(O)(=S)OC[C@H]3O[C@@H](n4nnc5c(N)ncnc54)[C@@H](F)[C@@H]3OP(O)(=S)OC[C@H]1O[C@H]2n1cnc2c(=O)[nH]c(N)nc21. The minimum absolute atomic E-state index is 0.00454. The Morgan fingerprint density at radius 3 is 2.35 bits per heavy atom. The first-order valence-corrected chi connectivity index (χ1v) is 23.8. The summed E-state index contributed by atoms with van der Waals surface area (Å²) in [5.74, 6) is -0.185. The first-order valence-electron chi connectivity index (χ1n) is 15.7. The smallest absolute Gasteiger partial charge is 0.325 e. The predicted molar refractivity (Wildman–Crippen MR) is 190 cm³/mol. The van der Waals surface area contributed by atoms with Gasteiger partial charge in [0.1, 0.15) is 36.8 Å². The standard InChI is InChI=1S/C25H36FN11O10P2S2Si/c1-25(2,3)52(4,5)47-16-11-7-42-48(39,50)45-15-10(43-22(12(15)26)37-19-13(34-35-37)18(27)29-8-30-19)6-41-49(40,51)46-17(16)23(44-11)36-9-31-14-20(36)32-24(28)33-21(14)38/h8-12,15-17,22-23H,6-7H2,1-5H3,(H,39,50)(H,40,51)(H2,27,29,30)(H3,28,32,33,38)/t10-,11-,12+,15-,16-,17+,22-,23-,48?,49?/m1/s1. The molecule has 2 unspecified atom stereocenters. The lowest BCUT2D eigenvalue weighted by Gasteiger charge is -2.40. The van der Waals surface area contributed by atoms with Crippen LogP contribution >= 0.6 is 13.4 Å². The van der Waals surface area contributed by atoms with Crippen LogP contribution in [0, 0.1) is 0 Å². The van der Waals surface area contributed by atoms with Crippen LogP contribution in [0.1, 0.15) is 33.2 Å². The number of imidazole rings is 1. The van der Waals surface area contributed by atoms with Gasteiger partial charge >= 0.3 is 13.4 Å². The molecule has 7 N–H and O–H groups in total. The molecular formula is C25H36FN11O10P2S2Si. The number of hydrogen-bond donors (Lipinski definition) is 5. The van der Waals surface area contributed by atoms with Gasteiger partial charge in [0, 0.05) is 0 Å². The Kier molecular flexibility index (Phi) is 9.72. The molecule has 3 aliphatic heterocycles. The van der Waals surface area contributed by atoms with Gasteiger partial charge in [0.25, 0.3) is 5.56 Å². The van der Waals surface area contributed by atoms with Crippen LogP contribution in [0.2, 0.25) is 18.1 Å². The molecular weight excluding hydrogens is 788 g/mol. The van der Waals surface area contributed by atoms with Gasteiger partial charge in [0.2, 0.25) is 5.95 Å². The molecule has 3 fully saturated rings. The van der Waals surface area contributed by atoms with E-state index in [9.17, 15) is 14.6 Å². The molecule has 52 heavy (non-hydrogen) atoms. The average molecular weight is 824 g/mol. The number of ether oxygens (including phenoxy) is 2. The molecule has 7 heterocycles. The molecule has 27 heteroatoms. The van der Waals surface area contributed by atoms with Gasteiger partial charge in [-0.25, -0.2) is 19.3 Å². The fourth-order valence-corrected chi connectivity index (χ4v) is 9.94. The molecule has 0 spiro atoms. The van der Waals surface area contributed by atoms with Crippen LogP contribution in [-0.4, -0.2) is 112 Å². The fraction of sp³-hybridized carbons (Fsp3) is 0.640. The largest absolute Gasteiger partial charge is 0.408 e. The number of nitrogens with one attached hydrogen (secondary N) is 1. The van der Waals surface area contributed by atoms with Crippen LogP contribution in [0.5, 0.6) is 0 Å². The normalized spacial score (nSPS) is 34.9. The Bertz CT molecular complexity index is 2170. The van der Waals surface area contributed by atoms with Gasteiger partial charge in [-0.05, 0) is 41.7 Å². The summed E-state index contributed by atoms with van der Waals surface area (Å²) in [7, 11) is -2.68. The number of hydrogen-bond acceptors (Lipinski definition) is 18. The third-order valence-electron chi connectivity index (χ3n) is 9.36. The molecule has 284 valence electrons. The molecule has 4 aromatic heterocycles. The molecule has 21 nitrogen and oxygen atoms in total. The average Bonchev–Trinajstić information content (AvgIpc) is 3.80. The van der Waals surface area contributed by atoms with Gasteiger partial charge in [0.15, 0.2) is 55.1 Å². The monoisotopic (exact) mass is 823 g/mol. The summed E-state index contributed by atoms with van der Waals surface area (Å²) < 4.78 is 61.5. The van der Waals surface area contributed by atoms with E-state index in [2.05, 4.69) is 35.2 Å². The van der Waals surface area contributed by atoms with Crippen molar-refractivity contribution >= 4 is 79.5 Å². The summed E-state index contributed by atoms with van der Waals surface area (Å²) >= 11 is 10.9. The van der Waals surface area contributed by atoms with E-state index < -0.39 is 89.7 Å². The first kappa shape index (κ1) is 37.8. The van der Waals surface area contributed by atoms with Crippen molar-refractivity contribution in [1.29, 1.82) is 0 Å². The number of nitrogens with two attached hydrogens (primary N) is 2. The Morgan fingerprint density at radius 1 is 1.00 bits per heavy atom. The molecule has 0 aromatic carbocycles. The van der Waals surface area contributed by atoms with E-state index in [-0.39, 0.29) is 39.1 Å². The fourth-order valence-electron chi connectivity index (χ4n) is 5.78. The summed E-state index contributed by atoms with van der Waals surface area (Å²) in [6, 6.07) is 0. The second-order valence-corrected chi connectivity index (χ2v) is 24.2. The highest BCUT2D eigenvalue weighted by Gasteiger charge is 2.56. The summed E-state index contributed by atoms with van der Waals surface area (Å²) in [5.41, 5.74) is 11.3. The highest BCUT2D eigenvalue weighted by Crippen LogP contribution is 2.55. The van der Waals surface area contributed by atoms with Crippen molar-refractivity contribution in [2.75, 3.05) is 24.7 Å². The number of halogens is 1. The zero-order valence-corrected chi connectivity index (χ0v) is 32.6. The predicted octanol–water partition coefficient (Wildman–Crippen LogP) is 1.29. The molecule has 2 bridgehead atoms. The maximum absolute atomic E-state index is 16.3. The van der Waals surface area contributed by atoms with Crippen LogP contribution < -0.4 is 17.0 Å². The molecule has 0 amide bonds.